The van der Waals surface area contributed by atoms with Crippen LogP contribution in [0.1, 0.15) is 0 Å². The van der Waals surface area contributed by atoms with E-state index in [0.717, 1.165) is 11.4 Å². The highest BCUT2D eigenvalue weighted by molar-refractivity contribution is 5.51. The zero-order valence-electron chi connectivity index (χ0n) is 9.91. The first kappa shape index (κ1) is 11.3. The van der Waals surface area contributed by atoms with E-state index in [4.69, 9.17) is 0 Å². The van der Waals surface area contributed by atoms with Crippen LogP contribution in [-0.4, -0.2) is 19.1 Å². The van der Waals surface area contributed by atoms with E-state index < -0.39 is 0 Å². The Kier molecular flexibility index (Phi) is 3.45. The van der Waals surface area contributed by atoms with E-state index >= 15 is 0 Å². The van der Waals surface area contributed by atoms with Crippen molar-refractivity contribution in [3.63, 3.8) is 0 Å². The molecule has 0 atom stereocenters. The first-order chi connectivity index (χ1) is 8.25. The Hall–Kier alpha value is -2.23. The summed E-state index contributed by atoms with van der Waals surface area (Å²) in [5, 5.41) is 8.17. The molecule has 2 rings (SSSR count). The highest BCUT2D eigenvalue weighted by Gasteiger charge is 1.95. The third kappa shape index (κ3) is 3.11. The van der Waals surface area contributed by atoms with Crippen LogP contribution in [0.25, 0.3) is 0 Å². The standard InChI is InChI=1S/C13H14N4/c1-17(2)12-8-6-11(7-9-12)15-16-13-5-3-4-10-14-13/h3-10H,1-2H3/b16-15+. The average molecular weight is 226 g/mol. The lowest BCUT2D eigenvalue weighted by Crippen LogP contribution is -2.07. The Morgan fingerprint density at radius 1 is 0.941 bits per heavy atom. The molecule has 1 aromatic carbocycles. The number of benzene rings is 1. The summed E-state index contributed by atoms with van der Waals surface area (Å²) < 4.78 is 0. The maximum Gasteiger partial charge on any atom is 0.174 e. The number of anilines is 1. The highest BCUT2D eigenvalue weighted by atomic mass is 15.1. The summed E-state index contributed by atoms with van der Waals surface area (Å²) in [6.07, 6.45) is 1.70. The van der Waals surface area contributed by atoms with Gasteiger partial charge in [0.25, 0.3) is 0 Å². The van der Waals surface area contributed by atoms with Crippen LogP contribution in [0, 0.1) is 0 Å². The minimum Gasteiger partial charge on any atom is -0.378 e. The fourth-order valence-corrected chi connectivity index (χ4v) is 1.34. The number of pyridine rings is 1. The normalized spacial score (nSPS) is 10.7. The van der Waals surface area contributed by atoms with Crippen molar-refractivity contribution in [1.29, 1.82) is 0 Å². The second kappa shape index (κ2) is 5.21. The molecule has 0 aliphatic heterocycles. The van der Waals surface area contributed by atoms with Crippen molar-refractivity contribution in [3.8, 4) is 0 Å². The molecule has 0 saturated heterocycles. The third-order valence-electron chi connectivity index (χ3n) is 2.28. The molecule has 0 aliphatic rings. The molecule has 0 N–H and O–H groups in total. The second-order valence-electron chi connectivity index (χ2n) is 3.80. The predicted molar refractivity (Wildman–Crippen MR) is 69.2 cm³/mol. The molecule has 1 aromatic heterocycles. The highest BCUT2D eigenvalue weighted by Crippen LogP contribution is 2.19. The Morgan fingerprint density at radius 2 is 1.71 bits per heavy atom. The van der Waals surface area contributed by atoms with Gasteiger partial charge in [0.15, 0.2) is 5.82 Å². The maximum atomic E-state index is 4.12. The molecule has 0 amide bonds. The molecule has 0 saturated carbocycles. The van der Waals surface area contributed by atoms with E-state index in [1.54, 1.807) is 6.20 Å². The van der Waals surface area contributed by atoms with Crippen molar-refractivity contribution < 1.29 is 0 Å². The van der Waals surface area contributed by atoms with Gasteiger partial charge < -0.3 is 4.90 Å². The van der Waals surface area contributed by atoms with Crippen molar-refractivity contribution in [2.45, 2.75) is 0 Å². The molecule has 0 radical (unpaired) electrons. The van der Waals surface area contributed by atoms with E-state index in [0.29, 0.717) is 5.82 Å². The summed E-state index contributed by atoms with van der Waals surface area (Å²) in [4.78, 5) is 6.11. The lowest BCUT2D eigenvalue weighted by molar-refractivity contribution is 1.12. The summed E-state index contributed by atoms with van der Waals surface area (Å²) in [5.74, 6) is 0.615. The number of hydrogen-bond acceptors (Lipinski definition) is 4. The molecule has 0 fully saturated rings. The van der Waals surface area contributed by atoms with Gasteiger partial charge in [0.05, 0.1) is 5.69 Å². The first-order valence-corrected chi connectivity index (χ1v) is 5.36. The van der Waals surface area contributed by atoms with Gasteiger partial charge in [0.2, 0.25) is 0 Å². The zero-order chi connectivity index (χ0) is 12.1. The van der Waals surface area contributed by atoms with Crippen LogP contribution in [0.4, 0.5) is 17.2 Å². The first-order valence-electron chi connectivity index (χ1n) is 5.36. The zero-order valence-corrected chi connectivity index (χ0v) is 9.91. The summed E-state index contributed by atoms with van der Waals surface area (Å²) in [6.45, 7) is 0. The molecule has 2 aromatic rings. The van der Waals surface area contributed by atoms with Crippen LogP contribution < -0.4 is 4.90 Å². The fraction of sp³-hybridized carbons (Fsp3) is 0.154. The van der Waals surface area contributed by atoms with Gasteiger partial charge in [-0.25, -0.2) is 4.98 Å². The molecule has 4 nitrogen and oxygen atoms in total. The van der Waals surface area contributed by atoms with Gasteiger partial charge in [-0.2, -0.15) is 0 Å². The van der Waals surface area contributed by atoms with Crippen LogP contribution in [0.15, 0.2) is 58.9 Å². The van der Waals surface area contributed by atoms with E-state index in [9.17, 15) is 0 Å². The minimum absolute atomic E-state index is 0.615. The molecule has 1 heterocycles. The van der Waals surface area contributed by atoms with E-state index in [1.165, 1.54) is 0 Å². The summed E-state index contributed by atoms with van der Waals surface area (Å²) in [6, 6.07) is 13.4. The van der Waals surface area contributed by atoms with Gasteiger partial charge in [0, 0.05) is 26.0 Å². The van der Waals surface area contributed by atoms with Gasteiger partial charge in [-0.3, -0.25) is 0 Å². The van der Waals surface area contributed by atoms with Crippen molar-refractivity contribution in [1.82, 2.24) is 4.98 Å². The number of hydrogen-bond donors (Lipinski definition) is 0. The lowest BCUT2D eigenvalue weighted by atomic mass is 10.3. The monoisotopic (exact) mass is 226 g/mol. The second-order valence-corrected chi connectivity index (χ2v) is 3.80. The van der Waals surface area contributed by atoms with E-state index in [-0.39, 0.29) is 0 Å². The smallest absolute Gasteiger partial charge is 0.174 e. The molecule has 0 spiro atoms. The van der Waals surface area contributed by atoms with Crippen molar-refractivity contribution in [2.75, 3.05) is 19.0 Å². The molecule has 0 aliphatic carbocycles. The number of nitrogens with zero attached hydrogens (tertiary/aromatic N) is 4. The summed E-state index contributed by atoms with van der Waals surface area (Å²) >= 11 is 0. The van der Waals surface area contributed by atoms with Crippen molar-refractivity contribution >= 4 is 17.2 Å². The summed E-state index contributed by atoms with van der Waals surface area (Å²) in [5.41, 5.74) is 1.96. The Bertz CT molecular complexity index is 489. The van der Waals surface area contributed by atoms with E-state index in [1.807, 2.05) is 61.5 Å². The van der Waals surface area contributed by atoms with Crippen LogP contribution in [-0.2, 0) is 0 Å². The number of aromatic nitrogens is 1. The fourth-order valence-electron chi connectivity index (χ4n) is 1.34. The third-order valence-corrected chi connectivity index (χ3v) is 2.28. The SMILES string of the molecule is CN(C)c1ccc(/N=N/c2ccccn2)cc1. The van der Waals surface area contributed by atoms with Gasteiger partial charge in [-0.05, 0) is 36.4 Å². The quantitative estimate of drug-likeness (QED) is 0.751. The van der Waals surface area contributed by atoms with Crippen LogP contribution in [0.2, 0.25) is 0 Å². The topological polar surface area (TPSA) is 40.9 Å². The molecular weight excluding hydrogens is 212 g/mol. The molecule has 86 valence electrons. The maximum absolute atomic E-state index is 4.12. The minimum atomic E-state index is 0.615. The van der Waals surface area contributed by atoms with Gasteiger partial charge in [-0.15, -0.1) is 10.2 Å². The number of rotatable bonds is 3. The molecule has 0 bridgehead atoms. The van der Waals surface area contributed by atoms with E-state index in [2.05, 4.69) is 15.2 Å². The van der Waals surface area contributed by atoms with Crippen molar-refractivity contribution in [3.05, 3.63) is 48.7 Å². The molecule has 4 heteroatoms. The molecular formula is C13H14N4. The Labute approximate surface area is 101 Å². The Morgan fingerprint density at radius 3 is 2.29 bits per heavy atom. The van der Waals surface area contributed by atoms with Gasteiger partial charge in [-0.1, -0.05) is 6.07 Å². The van der Waals surface area contributed by atoms with Gasteiger partial charge in [0.1, 0.15) is 0 Å². The van der Waals surface area contributed by atoms with Crippen molar-refractivity contribution in [2.24, 2.45) is 10.2 Å². The Balaban J connectivity index is 2.12. The summed E-state index contributed by atoms with van der Waals surface area (Å²) in [7, 11) is 4.01. The largest absolute Gasteiger partial charge is 0.378 e. The lowest BCUT2D eigenvalue weighted by Gasteiger charge is -2.11. The molecule has 0 unspecified atom stereocenters. The number of azo groups is 1. The average Bonchev–Trinajstić information content (AvgIpc) is 2.38. The van der Waals surface area contributed by atoms with Gasteiger partial charge >= 0.3 is 0 Å². The van der Waals surface area contributed by atoms with Crippen LogP contribution in [0.3, 0.4) is 0 Å². The molecule has 17 heavy (non-hydrogen) atoms. The predicted octanol–water partition coefficient (Wildman–Crippen LogP) is 3.56. The van der Waals surface area contributed by atoms with Crippen LogP contribution in [0.5, 0.6) is 0 Å². The van der Waals surface area contributed by atoms with Crippen LogP contribution >= 0.6 is 0 Å².